The molecule has 2 N–H and O–H groups in total. The molecule has 132 valence electrons. The maximum Gasteiger partial charge on any atom is 0.261 e. The van der Waals surface area contributed by atoms with Crippen LogP contribution < -0.4 is 20.3 Å². The minimum Gasteiger partial charge on any atom is -0.490 e. The van der Waals surface area contributed by atoms with Crippen LogP contribution in [0.2, 0.25) is 5.02 Å². The topological polar surface area (TPSA) is 80.4 Å². The molecule has 1 aromatic heterocycles. The van der Waals surface area contributed by atoms with Crippen molar-refractivity contribution in [3.05, 3.63) is 63.4 Å². The van der Waals surface area contributed by atoms with Crippen molar-refractivity contribution >= 4 is 34.1 Å². The molecule has 1 aliphatic heterocycles. The number of carbonyl (C=O) groups excluding carboxylic acids is 1. The molecule has 6 nitrogen and oxygen atoms in total. The van der Waals surface area contributed by atoms with Gasteiger partial charge in [0.2, 0.25) is 0 Å². The van der Waals surface area contributed by atoms with E-state index < -0.39 is 11.5 Å². The second-order valence-corrected chi connectivity index (χ2v) is 6.29. The summed E-state index contributed by atoms with van der Waals surface area (Å²) in [5.41, 5.74) is 0.565. The van der Waals surface area contributed by atoms with Gasteiger partial charge in [-0.25, -0.2) is 0 Å². The molecule has 0 saturated carbocycles. The van der Waals surface area contributed by atoms with Gasteiger partial charge in [-0.3, -0.25) is 9.59 Å². The number of aromatic nitrogens is 1. The fraction of sp³-hybridized carbons (Fsp3) is 0.158. The number of benzene rings is 2. The molecule has 0 radical (unpaired) electrons. The van der Waals surface area contributed by atoms with Crippen LogP contribution >= 0.6 is 11.6 Å². The lowest BCUT2D eigenvalue weighted by molar-refractivity contribution is 0.102. The van der Waals surface area contributed by atoms with Crippen LogP contribution in [0.25, 0.3) is 10.9 Å². The Hall–Kier alpha value is -2.99. The molecule has 0 atom stereocenters. The third-order valence-electron chi connectivity index (χ3n) is 4.08. The minimum absolute atomic E-state index is 0.00637. The van der Waals surface area contributed by atoms with Gasteiger partial charge in [-0.2, -0.15) is 0 Å². The van der Waals surface area contributed by atoms with Crippen molar-refractivity contribution in [2.24, 2.45) is 0 Å². The third-order valence-corrected chi connectivity index (χ3v) is 4.40. The smallest absolute Gasteiger partial charge is 0.261 e. The maximum absolute atomic E-state index is 12.6. The highest BCUT2D eigenvalue weighted by molar-refractivity contribution is 6.34. The van der Waals surface area contributed by atoms with Crippen LogP contribution in [0.4, 0.5) is 5.69 Å². The summed E-state index contributed by atoms with van der Waals surface area (Å²) >= 11 is 6.24. The van der Waals surface area contributed by atoms with Gasteiger partial charge in [0.05, 0.1) is 23.9 Å². The Morgan fingerprint density at radius 2 is 1.81 bits per heavy atom. The number of rotatable bonds is 2. The molecule has 0 aliphatic carbocycles. The fourth-order valence-corrected chi connectivity index (χ4v) is 2.99. The zero-order chi connectivity index (χ0) is 18.1. The number of fused-ring (bicyclic) bond motifs is 2. The van der Waals surface area contributed by atoms with Crippen molar-refractivity contribution in [2.75, 3.05) is 18.5 Å². The van der Waals surface area contributed by atoms with E-state index in [1.54, 1.807) is 24.3 Å². The molecule has 1 amide bonds. The summed E-state index contributed by atoms with van der Waals surface area (Å²) in [7, 11) is 0. The largest absolute Gasteiger partial charge is 0.490 e. The van der Waals surface area contributed by atoms with Crippen LogP contribution in [-0.4, -0.2) is 24.1 Å². The van der Waals surface area contributed by atoms with Crippen molar-refractivity contribution in [3.63, 3.8) is 0 Å². The van der Waals surface area contributed by atoms with Gasteiger partial charge in [-0.15, -0.1) is 0 Å². The Morgan fingerprint density at radius 3 is 2.62 bits per heavy atom. The average Bonchev–Trinajstić information content (AvgIpc) is 2.86. The lowest BCUT2D eigenvalue weighted by atomic mass is 10.1. The first-order valence-electron chi connectivity index (χ1n) is 8.14. The Labute approximate surface area is 153 Å². The molecule has 0 spiro atoms. The van der Waals surface area contributed by atoms with E-state index in [1.807, 2.05) is 18.2 Å². The van der Waals surface area contributed by atoms with E-state index in [0.29, 0.717) is 40.9 Å². The molecule has 4 rings (SSSR count). The second-order valence-electron chi connectivity index (χ2n) is 5.88. The summed E-state index contributed by atoms with van der Waals surface area (Å²) in [6, 6.07) is 12.0. The number of aromatic amines is 1. The van der Waals surface area contributed by atoms with Crippen LogP contribution in [0.5, 0.6) is 11.5 Å². The van der Waals surface area contributed by atoms with E-state index >= 15 is 0 Å². The van der Waals surface area contributed by atoms with Gasteiger partial charge in [-0.05, 0) is 17.5 Å². The standard InChI is InChI=1S/C19H15ClN2O4/c20-13-9-16-17(26-7-3-6-25-16)10-15(13)22-19(24)12-8-11-4-1-2-5-14(11)21-18(12)23/h1-2,4-5,8-10H,3,6-7H2,(H,21,23)(H,22,24). The lowest BCUT2D eigenvalue weighted by Crippen LogP contribution is -2.23. The summed E-state index contributed by atoms with van der Waals surface area (Å²) in [6.45, 7) is 1.06. The molecule has 0 bridgehead atoms. The highest BCUT2D eigenvalue weighted by Crippen LogP contribution is 2.37. The molecule has 0 saturated heterocycles. The zero-order valence-electron chi connectivity index (χ0n) is 13.7. The van der Waals surface area contributed by atoms with Crippen molar-refractivity contribution < 1.29 is 14.3 Å². The quantitative estimate of drug-likeness (QED) is 0.722. The van der Waals surface area contributed by atoms with E-state index in [2.05, 4.69) is 10.3 Å². The molecule has 0 fully saturated rings. The van der Waals surface area contributed by atoms with E-state index in [-0.39, 0.29) is 5.56 Å². The van der Waals surface area contributed by atoms with Gasteiger partial charge in [0.15, 0.2) is 11.5 Å². The van der Waals surface area contributed by atoms with Crippen molar-refractivity contribution in [1.29, 1.82) is 0 Å². The number of para-hydroxylation sites is 1. The molecule has 7 heteroatoms. The van der Waals surface area contributed by atoms with Crippen molar-refractivity contribution in [2.45, 2.75) is 6.42 Å². The highest BCUT2D eigenvalue weighted by atomic mass is 35.5. The summed E-state index contributed by atoms with van der Waals surface area (Å²) in [6.07, 6.45) is 0.764. The predicted molar refractivity (Wildman–Crippen MR) is 99.6 cm³/mol. The fourth-order valence-electron chi connectivity index (χ4n) is 2.79. The molecule has 1 aliphatic rings. The minimum atomic E-state index is -0.548. The number of hydrogen-bond donors (Lipinski definition) is 2. The van der Waals surface area contributed by atoms with Crippen molar-refractivity contribution in [3.8, 4) is 11.5 Å². The second kappa shape index (κ2) is 6.72. The van der Waals surface area contributed by atoms with Crippen LogP contribution in [-0.2, 0) is 0 Å². The van der Waals surface area contributed by atoms with E-state index in [9.17, 15) is 9.59 Å². The first-order chi connectivity index (χ1) is 12.6. The molecule has 2 heterocycles. The monoisotopic (exact) mass is 370 g/mol. The number of H-pyrrole nitrogens is 1. The maximum atomic E-state index is 12.6. The number of ether oxygens (including phenoxy) is 2. The Balaban J connectivity index is 1.67. The zero-order valence-corrected chi connectivity index (χ0v) is 14.4. The number of amides is 1. The third kappa shape index (κ3) is 3.11. The van der Waals surface area contributed by atoms with Crippen LogP contribution in [0.1, 0.15) is 16.8 Å². The summed E-state index contributed by atoms with van der Waals surface area (Å²) in [4.78, 5) is 27.5. The van der Waals surface area contributed by atoms with Gasteiger partial charge < -0.3 is 19.8 Å². The molecule has 0 unspecified atom stereocenters. The predicted octanol–water partition coefficient (Wildman–Crippen LogP) is 3.60. The van der Waals surface area contributed by atoms with Crippen molar-refractivity contribution in [1.82, 2.24) is 4.98 Å². The molecular weight excluding hydrogens is 356 g/mol. The van der Waals surface area contributed by atoms with Gasteiger partial charge in [0, 0.05) is 24.1 Å². The highest BCUT2D eigenvalue weighted by Gasteiger charge is 2.18. The number of anilines is 1. The average molecular weight is 371 g/mol. The van der Waals surface area contributed by atoms with Gasteiger partial charge in [0.1, 0.15) is 5.56 Å². The number of pyridine rings is 1. The molecule has 3 aromatic rings. The number of hydrogen-bond acceptors (Lipinski definition) is 4. The van der Waals surface area contributed by atoms with Gasteiger partial charge in [-0.1, -0.05) is 29.8 Å². The first kappa shape index (κ1) is 16.5. The first-order valence-corrected chi connectivity index (χ1v) is 8.52. The molecule has 2 aromatic carbocycles. The Kier molecular flexibility index (Phi) is 4.26. The van der Waals surface area contributed by atoms with E-state index in [1.165, 1.54) is 0 Å². The van der Waals surface area contributed by atoms with E-state index in [0.717, 1.165) is 11.8 Å². The Bertz CT molecular complexity index is 1060. The summed E-state index contributed by atoms with van der Waals surface area (Å²) in [5.74, 6) is 0.497. The molecular formula is C19H15ClN2O4. The number of nitrogens with one attached hydrogen (secondary N) is 2. The Morgan fingerprint density at radius 1 is 1.08 bits per heavy atom. The van der Waals surface area contributed by atoms with Crippen LogP contribution in [0, 0.1) is 0 Å². The summed E-state index contributed by atoms with van der Waals surface area (Å²) in [5, 5.41) is 3.75. The van der Waals surface area contributed by atoms with Crippen LogP contribution in [0.3, 0.4) is 0 Å². The van der Waals surface area contributed by atoms with E-state index in [4.69, 9.17) is 21.1 Å². The van der Waals surface area contributed by atoms with Crippen LogP contribution in [0.15, 0.2) is 47.3 Å². The normalized spacial score (nSPS) is 13.3. The molecule has 26 heavy (non-hydrogen) atoms. The number of carbonyl (C=O) groups is 1. The van der Waals surface area contributed by atoms with Gasteiger partial charge in [0.25, 0.3) is 11.5 Å². The summed E-state index contributed by atoms with van der Waals surface area (Å²) < 4.78 is 11.2. The lowest BCUT2D eigenvalue weighted by Gasteiger charge is -2.12. The van der Waals surface area contributed by atoms with Gasteiger partial charge >= 0.3 is 0 Å². The SMILES string of the molecule is O=C(Nc1cc2c(cc1Cl)OCCCO2)c1cc2ccccc2[nH]c1=O. The number of halogens is 1.